The molecule has 1 atom stereocenters. The van der Waals surface area contributed by atoms with Gasteiger partial charge in [0.1, 0.15) is 24.4 Å². The van der Waals surface area contributed by atoms with Gasteiger partial charge in [-0.3, -0.25) is 4.79 Å². The fourth-order valence-corrected chi connectivity index (χ4v) is 2.50. The zero-order chi connectivity index (χ0) is 16.2. The number of alkyl halides is 1. The Morgan fingerprint density at radius 1 is 1.45 bits per heavy atom. The first-order chi connectivity index (χ1) is 10.4. The van der Waals surface area contributed by atoms with E-state index in [0.29, 0.717) is 0 Å². The Labute approximate surface area is 120 Å². The molecule has 1 unspecified atom stereocenters. The third kappa shape index (κ3) is 1.68. The molecule has 1 aromatic heterocycles. The topological polar surface area (TPSA) is 94.5 Å². The van der Waals surface area contributed by atoms with Crippen LogP contribution in [0.15, 0.2) is 11.0 Å². The van der Waals surface area contributed by atoms with Crippen LogP contribution in [0.25, 0.3) is 10.9 Å². The number of nitrogens with zero attached hydrogens (tertiary/aromatic N) is 1. The second-order valence-electron chi connectivity index (χ2n) is 4.80. The van der Waals surface area contributed by atoms with Crippen LogP contribution in [-0.4, -0.2) is 28.9 Å². The van der Waals surface area contributed by atoms with Gasteiger partial charge in [-0.2, -0.15) is 4.39 Å². The van der Waals surface area contributed by atoms with E-state index in [9.17, 15) is 22.8 Å². The Morgan fingerprint density at radius 3 is 2.73 bits per heavy atom. The quantitative estimate of drug-likeness (QED) is 0.818. The minimum atomic E-state index is -1.58. The molecule has 0 fully saturated rings. The van der Waals surface area contributed by atoms with Crippen molar-refractivity contribution in [2.75, 3.05) is 19.0 Å². The van der Waals surface area contributed by atoms with Crippen molar-refractivity contribution < 1.29 is 27.8 Å². The maximum Gasteiger partial charge on any atom is 0.341 e. The van der Waals surface area contributed by atoms with Crippen molar-refractivity contribution in [3.63, 3.8) is 0 Å². The van der Waals surface area contributed by atoms with Gasteiger partial charge in [0.25, 0.3) is 0 Å². The maximum atomic E-state index is 13.9. The number of carboxylic acid groups (broad SMARTS) is 1. The molecule has 0 radical (unpaired) electrons. The van der Waals surface area contributed by atoms with Gasteiger partial charge in [-0.25, -0.2) is 13.6 Å². The summed E-state index contributed by atoms with van der Waals surface area (Å²) in [6.45, 7) is -1.28. The molecule has 0 spiro atoms. The molecule has 22 heavy (non-hydrogen) atoms. The number of rotatable bonds is 2. The Morgan fingerprint density at radius 2 is 2.14 bits per heavy atom. The highest BCUT2D eigenvalue weighted by Crippen LogP contribution is 2.38. The Hall–Kier alpha value is -2.71. The number of pyridine rings is 1. The molecule has 3 rings (SSSR count). The van der Waals surface area contributed by atoms with Crippen molar-refractivity contribution in [1.29, 1.82) is 0 Å². The predicted octanol–water partition coefficient (Wildman–Crippen LogP) is 1.46. The van der Waals surface area contributed by atoms with Gasteiger partial charge < -0.3 is 20.1 Å². The van der Waals surface area contributed by atoms with Gasteiger partial charge in [0.05, 0.1) is 17.1 Å². The highest BCUT2D eigenvalue weighted by Gasteiger charge is 2.31. The summed E-state index contributed by atoms with van der Waals surface area (Å²) in [7, 11) is 0. The van der Waals surface area contributed by atoms with Gasteiger partial charge in [0.2, 0.25) is 11.2 Å². The van der Waals surface area contributed by atoms with Crippen molar-refractivity contribution in [2.45, 2.75) is 6.04 Å². The lowest BCUT2D eigenvalue weighted by Gasteiger charge is -2.28. The lowest BCUT2D eigenvalue weighted by Crippen LogP contribution is -2.30. The van der Waals surface area contributed by atoms with Crippen molar-refractivity contribution in [2.24, 2.45) is 0 Å². The lowest BCUT2D eigenvalue weighted by atomic mass is 10.1. The standard InChI is InChI=1S/C13H9F3N2O4/c14-1-4-3-22-12-8(16)7(15)9(17)6-10(12)18(4)2-5(11(6)19)13(20)21/h2,4H,1,3,17H2,(H,20,21). The third-order valence-electron chi connectivity index (χ3n) is 3.57. The molecule has 116 valence electrons. The lowest BCUT2D eigenvalue weighted by molar-refractivity contribution is 0.0694. The number of nitrogens with two attached hydrogens (primary N) is 1. The van der Waals surface area contributed by atoms with Gasteiger partial charge in [0, 0.05) is 6.20 Å². The monoisotopic (exact) mass is 314 g/mol. The van der Waals surface area contributed by atoms with Crippen LogP contribution in [-0.2, 0) is 0 Å². The first kappa shape index (κ1) is 14.2. The molecule has 2 heterocycles. The summed E-state index contributed by atoms with van der Waals surface area (Å²) in [6.07, 6.45) is 0.889. The fraction of sp³-hybridized carbons (Fsp3) is 0.231. The average Bonchev–Trinajstić information content (AvgIpc) is 2.49. The van der Waals surface area contributed by atoms with E-state index in [2.05, 4.69) is 0 Å². The Kier molecular flexibility index (Phi) is 3.01. The molecule has 0 bridgehead atoms. The predicted molar refractivity (Wildman–Crippen MR) is 70.0 cm³/mol. The van der Waals surface area contributed by atoms with E-state index in [1.165, 1.54) is 0 Å². The smallest absolute Gasteiger partial charge is 0.341 e. The SMILES string of the molecule is Nc1c(F)c(F)c2c3c1c(=O)c(C(=O)O)cn3C(CF)CO2. The largest absolute Gasteiger partial charge is 0.486 e. The molecular weight excluding hydrogens is 305 g/mol. The first-order valence-electron chi connectivity index (χ1n) is 6.15. The molecule has 1 aromatic carbocycles. The zero-order valence-corrected chi connectivity index (χ0v) is 10.9. The molecule has 1 aliphatic heterocycles. The van der Waals surface area contributed by atoms with E-state index in [0.717, 1.165) is 10.8 Å². The number of aromatic nitrogens is 1. The number of ether oxygens (including phenoxy) is 1. The van der Waals surface area contributed by atoms with Crippen LogP contribution in [0.3, 0.4) is 0 Å². The second kappa shape index (κ2) is 4.65. The Balaban J connectivity index is 2.60. The fourth-order valence-electron chi connectivity index (χ4n) is 2.50. The van der Waals surface area contributed by atoms with Gasteiger partial charge in [0.15, 0.2) is 11.6 Å². The van der Waals surface area contributed by atoms with Crippen LogP contribution in [0.4, 0.5) is 18.9 Å². The number of halogens is 3. The first-order valence-corrected chi connectivity index (χ1v) is 6.15. The van der Waals surface area contributed by atoms with Crippen LogP contribution in [0.2, 0.25) is 0 Å². The van der Waals surface area contributed by atoms with Gasteiger partial charge in [-0.15, -0.1) is 0 Å². The van der Waals surface area contributed by atoms with Crippen LogP contribution in [0.1, 0.15) is 16.4 Å². The Bertz CT molecular complexity index is 878. The molecule has 0 saturated heterocycles. The highest BCUT2D eigenvalue weighted by molar-refractivity contribution is 6.00. The van der Waals surface area contributed by atoms with E-state index in [1.54, 1.807) is 0 Å². The van der Waals surface area contributed by atoms with Crippen LogP contribution in [0.5, 0.6) is 5.75 Å². The molecule has 0 amide bonds. The molecule has 2 aromatic rings. The minimum absolute atomic E-state index is 0.250. The van der Waals surface area contributed by atoms with E-state index < -0.39 is 58.1 Å². The van der Waals surface area contributed by atoms with Gasteiger partial charge >= 0.3 is 5.97 Å². The van der Waals surface area contributed by atoms with Crippen molar-refractivity contribution in [3.8, 4) is 5.75 Å². The van der Waals surface area contributed by atoms with Crippen molar-refractivity contribution in [1.82, 2.24) is 4.57 Å². The summed E-state index contributed by atoms with van der Waals surface area (Å²) in [4.78, 5) is 23.3. The number of anilines is 1. The highest BCUT2D eigenvalue weighted by atomic mass is 19.2. The number of hydrogen-bond acceptors (Lipinski definition) is 4. The summed E-state index contributed by atoms with van der Waals surface area (Å²) >= 11 is 0. The molecule has 9 heteroatoms. The van der Waals surface area contributed by atoms with Crippen LogP contribution < -0.4 is 15.9 Å². The second-order valence-corrected chi connectivity index (χ2v) is 4.80. The molecule has 3 N–H and O–H groups in total. The number of benzene rings is 1. The van der Waals surface area contributed by atoms with Crippen molar-refractivity contribution >= 4 is 22.6 Å². The van der Waals surface area contributed by atoms with Crippen LogP contribution >= 0.6 is 0 Å². The minimum Gasteiger partial charge on any atom is -0.486 e. The van der Waals surface area contributed by atoms with Crippen molar-refractivity contribution in [3.05, 3.63) is 33.6 Å². The van der Waals surface area contributed by atoms with Crippen LogP contribution in [0, 0.1) is 11.6 Å². The molecular formula is C13H9F3N2O4. The summed E-state index contributed by atoms with van der Waals surface area (Å²) in [6, 6.07) is -0.974. The summed E-state index contributed by atoms with van der Waals surface area (Å²) in [5.41, 5.74) is 2.54. The third-order valence-corrected chi connectivity index (χ3v) is 3.57. The van der Waals surface area contributed by atoms with Gasteiger partial charge in [-0.05, 0) is 0 Å². The summed E-state index contributed by atoms with van der Waals surface area (Å²) < 4.78 is 46.9. The van der Waals surface area contributed by atoms with Gasteiger partial charge in [-0.1, -0.05) is 0 Å². The molecule has 0 aliphatic carbocycles. The summed E-state index contributed by atoms with van der Waals surface area (Å²) in [5.74, 6) is -5.07. The van der Waals surface area contributed by atoms with E-state index in [4.69, 9.17) is 15.6 Å². The number of hydrogen-bond donors (Lipinski definition) is 2. The molecule has 0 saturated carbocycles. The molecule has 6 nitrogen and oxygen atoms in total. The number of carbonyl (C=O) groups is 1. The summed E-state index contributed by atoms with van der Waals surface area (Å²) in [5, 5.41) is 8.52. The zero-order valence-electron chi connectivity index (χ0n) is 10.9. The van der Waals surface area contributed by atoms with E-state index >= 15 is 0 Å². The van der Waals surface area contributed by atoms with E-state index in [-0.39, 0.29) is 12.1 Å². The number of aromatic carboxylic acids is 1. The molecule has 1 aliphatic rings. The number of carboxylic acids is 1. The normalized spacial score (nSPS) is 16.6. The maximum absolute atomic E-state index is 13.9. The van der Waals surface area contributed by atoms with E-state index in [1.807, 2.05) is 0 Å². The number of nitrogen functional groups attached to an aromatic ring is 1. The average molecular weight is 314 g/mol.